The lowest BCUT2D eigenvalue weighted by atomic mass is 9.84. The first-order valence-electron chi connectivity index (χ1n) is 25.5. The van der Waals surface area contributed by atoms with Crippen LogP contribution in [0, 0.1) is 26.7 Å². The molecular weight excluding hydrogens is 979 g/mol. The van der Waals surface area contributed by atoms with Crippen LogP contribution < -0.4 is 16.0 Å². The molecule has 2 aliphatic rings. The maximum Gasteiger partial charge on any atom is 0.325 e. The highest BCUT2D eigenvalue weighted by Gasteiger charge is 2.24. The molecule has 3 amide bonds. The molecule has 0 atom stereocenters. The van der Waals surface area contributed by atoms with Gasteiger partial charge in [0.15, 0.2) is 16.9 Å². The van der Waals surface area contributed by atoms with Crippen LogP contribution in [0.4, 0.5) is 17.8 Å². The molecule has 402 valence electrons. The van der Waals surface area contributed by atoms with Crippen LogP contribution in [0.15, 0.2) is 43.2 Å². The first kappa shape index (κ1) is 55.4. The van der Waals surface area contributed by atoms with Crippen LogP contribution in [0.5, 0.6) is 0 Å². The SMILES string of the molecule is CCCCC(=O)Nc1nc(C)c2ncn(CC(=O)OC)c2n1.COC(=O)Cn1cnc2c(C)nc(NC(=O)C3CCCCC3)nc21.COC(=O)Cn1cnc2c(C)nc(NC(=O)c3ccc(C4CCCCC4)cc3)nc21. The van der Waals surface area contributed by atoms with Crippen LogP contribution >= 0.6 is 0 Å². The number of amides is 3. The van der Waals surface area contributed by atoms with Crippen molar-refractivity contribution in [2.24, 2.45) is 5.92 Å². The molecule has 7 aromatic rings. The molecule has 0 spiro atoms. The monoisotopic (exact) mass is 1040 g/mol. The van der Waals surface area contributed by atoms with E-state index < -0.39 is 17.9 Å². The molecule has 76 heavy (non-hydrogen) atoms. The number of anilines is 3. The number of unbranched alkanes of at least 4 members (excludes halogenated alkanes) is 1. The van der Waals surface area contributed by atoms with E-state index in [0.29, 0.717) is 68.5 Å². The van der Waals surface area contributed by atoms with Gasteiger partial charge < -0.3 is 27.9 Å². The van der Waals surface area contributed by atoms with Gasteiger partial charge in [-0.05, 0) is 76.5 Å². The summed E-state index contributed by atoms with van der Waals surface area (Å²) < 4.78 is 18.8. The van der Waals surface area contributed by atoms with Gasteiger partial charge in [0.25, 0.3) is 5.91 Å². The number of fused-ring (bicyclic) bond motifs is 3. The molecule has 2 fully saturated rings. The molecule has 0 saturated heterocycles. The standard InChI is InChI=1S/C22H25N5O3.C16H21N5O3.C14H19N5O3/c1-14-19-20(27(13-23-19)12-18(28)30-2)25-22(24-14)26-21(29)17-10-8-16(9-11-17)15-6-4-3-5-7-15;1-10-13-14(21(9-17-13)8-12(22)24-2)19-16(18-10)20-15(23)11-6-4-3-5-7-11;1-4-5-6-10(20)17-14-16-9(2)12-13(18-14)19(8-15-12)7-11(21)22-3/h8-11,13,15H,3-7,12H2,1-2H3,(H,24,25,26,29);9,11H,3-8H2,1-2H3,(H,18,19,20,23);8H,4-7H2,1-3H3,(H,16,17,18,20). The molecule has 1 aromatic carbocycles. The number of aryl methyl sites for hydroxylation is 3. The van der Waals surface area contributed by atoms with Crippen LogP contribution in [-0.2, 0) is 57.8 Å². The van der Waals surface area contributed by atoms with Crippen molar-refractivity contribution in [3.05, 3.63) is 71.5 Å². The summed E-state index contributed by atoms with van der Waals surface area (Å²) in [5.41, 5.74) is 7.00. The van der Waals surface area contributed by atoms with Crippen molar-refractivity contribution in [2.75, 3.05) is 37.3 Å². The van der Waals surface area contributed by atoms with Crippen molar-refractivity contribution in [1.29, 1.82) is 0 Å². The number of ether oxygens (including phenoxy) is 3. The zero-order chi connectivity index (χ0) is 54.3. The third-order valence-corrected chi connectivity index (χ3v) is 13.2. The second kappa shape index (κ2) is 26.3. The van der Waals surface area contributed by atoms with E-state index in [2.05, 4.69) is 70.3 Å². The number of nitrogens with one attached hydrogen (secondary N) is 3. The molecular formula is C52H65N15O9. The normalized spacial score (nSPS) is 13.7. The Morgan fingerprint density at radius 1 is 0.539 bits per heavy atom. The molecule has 0 bridgehead atoms. The van der Waals surface area contributed by atoms with Crippen LogP contribution in [0.25, 0.3) is 33.5 Å². The third kappa shape index (κ3) is 14.3. The highest BCUT2D eigenvalue weighted by atomic mass is 16.5. The summed E-state index contributed by atoms with van der Waals surface area (Å²) in [7, 11) is 3.98. The van der Waals surface area contributed by atoms with E-state index in [1.165, 1.54) is 84.4 Å². The number of aromatic nitrogens is 12. The minimum absolute atomic E-state index is 0.00662. The van der Waals surface area contributed by atoms with E-state index in [4.69, 9.17) is 4.74 Å². The van der Waals surface area contributed by atoms with E-state index in [1.807, 2.05) is 31.2 Å². The van der Waals surface area contributed by atoms with E-state index in [9.17, 15) is 28.8 Å². The number of hydrogen-bond donors (Lipinski definition) is 3. The minimum atomic E-state index is -0.408. The van der Waals surface area contributed by atoms with Crippen LogP contribution in [-0.4, -0.2) is 116 Å². The van der Waals surface area contributed by atoms with Crippen molar-refractivity contribution < 1.29 is 43.0 Å². The predicted octanol–water partition coefficient (Wildman–Crippen LogP) is 6.87. The van der Waals surface area contributed by atoms with E-state index in [1.54, 1.807) is 34.5 Å². The van der Waals surface area contributed by atoms with Crippen LogP contribution in [0.3, 0.4) is 0 Å². The molecule has 2 aliphatic carbocycles. The maximum atomic E-state index is 12.7. The molecule has 24 heteroatoms. The lowest BCUT2D eigenvalue weighted by Gasteiger charge is -2.22. The Labute approximate surface area is 438 Å². The van der Waals surface area contributed by atoms with Crippen molar-refractivity contribution in [2.45, 2.75) is 137 Å². The lowest BCUT2D eigenvalue weighted by Crippen LogP contribution is -2.26. The smallest absolute Gasteiger partial charge is 0.325 e. The van der Waals surface area contributed by atoms with E-state index in [-0.39, 0.29) is 61.1 Å². The Morgan fingerprint density at radius 3 is 1.37 bits per heavy atom. The van der Waals surface area contributed by atoms with Crippen LogP contribution in [0.2, 0.25) is 0 Å². The number of esters is 3. The summed E-state index contributed by atoms with van der Waals surface area (Å²) in [6.07, 6.45) is 18.2. The maximum absolute atomic E-state index is 12.7. The lowest BCUT2D eigenvalue weighted by molar-refractivity contribution is -0.142. The van der Waals surface area contributed by atoms with Gasteiger partial charge >= 0.3 is 17.9 Å². The number of nitrogens with zero attached hydrogens (tertiary/aromatic N) is 12. The number of benzene rings is 1. The Balaban J connectivity index is 0.000000168. The molecule has 6 heterocycles. The summed E-state index contributed by atoms with van der Waals surface area (Å²) in [5.74, 6) is -0.364. The van der Waals surface area contributed by atoms with Gasteiger partial charge in [0, 0.05) is 17.9 Å². The zero-order valence-electron chi connectivity index (χ0n) is 44.1. The summed E-state index contributed by atoms with van der Waals surface area (Å²) in [6, 6.07) is 7.80. The number of rotatable bonds is 15. The number of imidazole rings is 3. The highest BCUT2D eigenvalue weighted by Crippen LogP contribution is 2.33. The van der Waals surface area contributed by atoms with Gasteiger partial charge in [0.05, 0.1) is 57.4 Å². The van der Waals surface area contributed by atoms with Gasteiger partial charge in [-0.1, -0.05) is 64.0 Å². The summed E-state index contributed by atoms with van der Waals surface area (Å²) in [4.78, 5) is 110. The Kier molecular flexibility index (Phi) is 19.2. The van der Waals surface area contributed by atoms with Crippen molar-refractivity contribution in [3.8, 4) is 0 Å². The van der Waals surface area contributed by atoms with E-state index >= 15 is 0 Å². The fourth-order valence-corrected chi connectivity index (χ4v) is 9.00. The van der Waals surface area contributed by atoms with E-state index in [0.717, 1.165) is 38.5 Å². The van der Waals surface area contributed by atoms with Gasteiger partial charge in [0.1, 0.15) is 36.2 Å². The Bertz CT molecular complexity index is 3190. The summed E-state index contributed by atoms with van der Waals surface area (Å²) >= 11 is 0. The zero-order valence-corrected chi connectivity index (χ0v) is 44.1. The Hall–Kier alpha value is -8.31. The minimum Gasteiger partial charge on any atom is -0.468 e. The first-order valence-corrected chi connectivity index (χ1v) is 25.5. The van der Waals surface area contributed by atoms with Crippen molar-refractivity contribution >= 4 is 87.0 Å². The molecule has 0 aliphatic heterocycles. The molecule has 0 radical (unpaired) electrons. The quantitative estimate of drug-likeness (QED) is 0.0697. The first-order chi connectivity index (χ1) is 36.7. The van der Waals surface area contributed by atoms with Gasteiger partial charge in [-0.3, -0.25) is 44.7 Å². The van der Waals surface area contributed by atoms with Gasteiger partial charge in [-0.25, -0.2) is 29.9 Å². The average molecular weight is 1040 g/mol. The fraction of sp³-hybridized carbons (Fsp3) is 0.481. The molecule has 6 aromatic heterocycles. The van der Waals surface area contributed by atoms with Gasteiger partial charge in [-0.2, -0.15) is 15.0 Å². The number of carbonyl (C=O) groups is 6. The van der Waals surface area contributed by atoms with Crippen LogP contribution in [0.1, 0.15) is 129 Å². The molecule has 9 rings (SSSR count). The highest BCUT2D eigenvalue weighted by molar-refractivity contribution is 6.03. The fourth-order valence-electron chi connectivity index (χ4n) is 9.00. The molecule has 3 N–H and O–H groups in total. The molecule has 2 saturated carbocycles. The average Bonchev–Trinajstić information content (AvgIpc) is 4.16. The predicted molar refractivity (Wildman–Crippen MR) is 280 cm³/mol. The summed E-state index contributed by atoms with van der Waals surface area (Å²) in [5, 5.41) is 8.24. The Morgan fingerprint density at radius 2 is 0.947 bits per heavy atom. The van der Waals surface area contributed by atoms with Crippen molar-refractivity contribution in [1.82, 2.24) is 58.6 Å². The van der Waals surface area contributed by atoms with Gasteiger partial charge in [-0.15, -0.1) is 0 Å². The van der Waals surface area contributed by atoms with Gasteiger partial charge in [0.2, 0.25) is 29.7 Å². The summed E-state index contributed by atoms with van der Waals surface area (Å²) in [6.45, 7) is 7.39. The molecule has 0 unspecified atom stereocenters. The largest absolute Gasteiger partial charge is 0.468 e. The third-order valence-electron chi connectivity index (χ3n) is 13.2. The second-order valence-electron chi connectivity index (χ2n) is 18.6. The second-order valence-corrected chi connectivity index (χ2v) is 18.6. The number of carbonyl (C=O) groups excluding carboxylic acids is 6. The topological polar surface area (TPSA) is 297 Å². The molecule has 24 nitrogen and oxygen atoms in total. The number of hydrogen-bond acceptors (Lipinski definition) is 18. The van der Waals surface area contributed by atoms with Crippen molar-refractivity contribution in [3.63, 3.8) is 0 Å². The number of methoxy groups -OCH3 is 3.